The van der Waals surface area contributed by atoms with E-state index < -0.39 is 21.9 Å². The van der Waals surface area contributed by atoms with Crippen molar-refractivity contribution in [2.75, 3.05) is 13.1 Å². The van der Waals surface area contributed by atoms with Crippen LogP contribution in [0.5, 0.6) is 0 Å². The molecular weight excluding hydrogens is 344 g/mol. The number of likely N-dealkylation sites (tertiary alicyclic amines) is 1. The van der Waals surface area contributed by atoms with Gasteiger partial charge in [-0.2, -0.15) is 0 Å². The number of carboxylic acid groups (broad SMARTS) is 1. The van der Waals surface area contributed by atoms with Gasteiger partial charge >= 0.3 is 5.97 Å². The quantitative estimate of drug-likeness (QED) is 0.795. The minimum Gasteiger partial charge on any atom is -0.481 e. The predicted molar refractivity (Wildman–Crippen MR) is 92.8 cm³/mol. The first-order valence-corrected chi connectivity index (χ1v) is 9.87. The maximum absolute atomic E-state index is 12.5. The molecule has 1 aliphatic rings. The zero-order chi connectivity index (χ0) is 18.6. The highest BCUT2D eigenvalue weighted by Crippen LogP contribution is 2.20. The summed E-state index contributed by atoms with van der Waals surface area (Å²) in [5.41, 5.74) is 0.399. The maximum Gasteiger partial charge on any atom is 0.306 e. The molecule has 0 bridgehead atoms. The van der Waals surface area contributed by atoms with Crippen LogP contribution >= 0.6 is 0 Å². The predicted octanol–water partition coefficient (Wildman–Crippen LogP) is 1.70. The first kappa shape index (κ1) is 19.4. The Morgan fingerprint density at radius 2 is 1.80 bits per heavy atom. The summed E-state index contributed by atoms with van der Waals surface area (Å²) in [6.45, 7) is 4.47. The fraction of sp³-hybridized carbons (Fsp3) is 0.529. The molecule has 2 rings (SSSR count). The molecule has 1 fully saturated rings. The van der Waals surface area contributed by atoms with Gasteiger partial charge in [0, 0.05) is 24.7 Å². The molecule has 1 atom stereocenters. The van der Waals surface area contributed by atoms with Crippen LogP contribution in [0.15, 0.2) is 29.2 Å². The van der Waals surface area contributed by atoms with Crippen LogP contribution in [-0.4, -0.2) is 49.4 Å². The number of carbonyl (C=O) groups is 2. The molecule has 138 valence electrons. The Morgan fingerprint density at radius 1 is 1.24 bits per heavy atom. The lowest BCUT2D eigenvalue weighted by Crippen LogP contribution is -2.40. The number of aliphatic carboxylic acids is 1. The Morgan fingerprint density at radius 3 is 2.28 bits per heavy atom. The molecule has 1 aromatic carbocycles. The normalized spacial score (nSPS) is 17.3. The van der Waals surface area contributed by atoms with Crippen LogP contribution in [0, 0.1) is 5.92 Å². The van der Waals surface area contributed by atoms with Crippen LogP contribution in [0.3, 0.4) is 0 Å². The van der Waals surface area contributed by atoms with Gasteiger partial charge < -0.3 is 10.0 Å². The number of hydrogen-bond acceptors (Lipinski definition) is 4. The van der Waals surface area contributed by atoms with Gasteiger partial charge in [-0.3, -0.25) is 9.59 Å². The van der Waals surface area contributed by atoms with Gasteiger partial charge in [-0.25, -0.2) is 13.1 Å². The number of piperidine rings is 1. The first-order chi connectivity index (χ1) is 11.7. The molecule has 0 spiro atoms. The molecule has 0 saturated carbocycles. The van der Waals surface area contributed by atoms with Crippen molar-refractivity contribution in [3.63, 3.8) is 0 Å². The van der Waals surface area contributed by atoms with Crippen LogP contribution in [0.2, 0.25) is 0 Å². The zero-order valence-corrected chi connectivity index (χ0v) is 15.3. The third kappa shape index (κ3) is 4.79. The zero-order valence-electron chi connectivity index (χ0n) is 14.4. The molecule has 1 amide bonds. The van der Waals surface area contributed by atoms with E-state index >= 15 is 0 Å². The van der Waals surface area contributed by atoms with Gasteiger partial charge in [0.1, 0.15) is 0 Å². The standard InChI is InChI=1S/C17H24N2O5S/c1-3-12(2)18-25(23,24)15-6-4-13(5-7-15)16(20)19-10-8-14(9-11-19)17(21)22/h4-7,12,14,18H,3,8-11H2,1-2H3,(H,21,22). The number of sulfonamides is 1. The number of amides is 1. The summed E-state index contributed by atoms with van der Waals surface area (Å²) in [6.07, 6.45) is 1.56. The lowest BCUT2D eigenvalue weighted by atomic mass is 9.96. The van der Waals surface area contributed by atoms with E-state index in [4.69, 9.17) is 5.11 Å². The largest absolute Gasteiger partial charge is 0.481 e. The van der Waals surface area contributed by atoms with Gasteiger partial charge in [0.05, 0.1) is 10.8 Å². The Labute approximate surface area is 148 Å². The van der Waals surface area contributed by atoms with E-state index in [0.29, 0.717) is 37.9 Å². The second-order valence-corrected chi connectivity index (χ2v) is 8.07. The molecular formula is C17H24N2O5S. The minimum absolute atomic E-state index is 0.119. The van der Waals surface area contributed by atoms with Gasteiger partial charge in [0.15, 0.2) is 0 Å². The number of benzene rings is 1. The summed E-state index contributed by atoms with van der Waals surface area (Å²) < 4.78 is 27.0. The first-order valence-electron chi connectivity index (χ1n) is 8.39. The van der Waals surface area contributed by atoms with E-state index in [1.165, 1.54) is 24.3 Å². The lowest BCUT2D eigenvalue weighted by molar-refractivity contribution is -0.143. The summed E-state index contributed by atoms with van der Waals surface area (Å²) in [5, 5.41) is 9.00. The SMILES string of the molecule is CCC(C)NS(=O)(=O)c1ccc(C(=O)N2CCC(C(=O)O)CC2)cc1. The monoisotopic (exact) mass is 368 g/mol. The summed E-state index contributed by atoms with van der Waals surface area (Å²) in [6, 6.07) is 5.67. The fourth-order valence-corrected chi connectivity index (χ4v) is 4.03. The lowest BCUT2D eigenvalue weighted by Gasteiger charge is -2.30. The van der Waals surface area contributed by atoms with Crippen molar-refractivity contribution in [1.82, 2.24) is 9.62 Å². The van der Waals surface area contributed by atoms with Crippen molar-refractivity contribution in [2.24, 2.45) is 5.92 Å². The Kier molecular flexibility index (Phi) is 6.18. The molecule has 8 heteroatoms. The average molecular weight is 368 g/mol. The molecule has 2 N–H and O–H groups in total. The molecule has 1 unspecified atom stereocenters. The van der Waals surface area contributed by atoms with Crippen molar-refractivity contribution >= 4 is 21.9 Å². The van der Waals surface area contributed by atoms with E-state index in [1.54, 1.807) is 11.8 Å². The molecule has 0 radical (unpaired) electrons. The number of carbonyl (C=O) groups excluding carboxylic acids is 1. The van der Waals surface area contributed by atoms with Gasteiger partial charge in [-0.1, -0.05) is 6.92 Å². The number of nitrogens with one attached hydrogen (secondary N) is 1. The van der Waals surface area contributed by atoms with Crippen molar-refractivity contribution in [3.05, 3.63) is 29.8 Å². The highest BCUT2D eigenvalue weighted by atomic mass is 32.2. The van der Waals surface area contributed by atoms with Gasteiger partial charge in [0.2, 0.25) is 10.0 Å². The van der Waals surface area contributed by atoms with Crippen LogP contribution in [0.1, 0.15) is 43.5 Å². The molecule has 1 aromatic rings. The topological polar surface area (TPSA) is 104 Å². The highest BCUT2D eigenvalue weighted by Gasteiger charge is 2.27. The average Bonchev–Trinajstić information content (AvgIpc) is 2.60. The van der Waals surface area contributed by atoms with Gasteiger partial charge in [-0.15, -0.1) is 0 Å². The summed E-state index contributed by atoms with van der Waals surface area (Å²) in [5.74, 6) is -1.43. The maximum atomic E-state index is 12.5. The van der Waals surface area contributed by atoms with Crippen molar-refractivity contribution in [1.29, 1.82) is 0 Å². The number of hydrogen-bond donors (Lipinski definition) is 2. The van der Waals surface area contributed by atoms with E-state index in [9.17, 15) is 18.0 Å². The Bertz CT molecular complexity index is 722. The van der Waals surface area contributed by atoms with Crippen molar-refractivity contribution in [3.8, 4) is 0 Å². The summed E-state index contributed by atoms with van der Waals surface area (Å²) in [4.78, 5) is 25.2. The highest BCUT2D eigenvalue weighted by molar-refractivity contribution is 7.89. The Hall–Kier alpha value is -1.93. The number of rotatable bonds is 6. The smallest absolute Gasteiger partial charge is 0.306 e. The van der Waals surface area contributed by atoms with Crippen LogP contribution in [0.4, 0.5) is 0 Å². The summed E-state index contributed by atoms with van der Waals surface area (Å²) in [7, 11) is -3.60. The van der Waals surface area contributed by atoms with E-state index in [0.717, 1.165) is 0 Å². The molecule has 1 heterocycles. The van der Waals surface area contributed by atoms with Gasteiger partial charge in [-0.05, 0) is 50.5 Å². The van der Waals surface area contributed by atoms with Crippen LogP contribution < -0.4 is 4.72 Å². The molecule has 0 aliphatic carbocycles. The third-order valence-electron chi connectivity index (χ3n) is 4.51. The van der Waals surface area contributed by atoms with E-state index in [1.807, 2.05) is 6.92 Å². The van der Waals surface area contributed by atoms with E-state index in [2.05, 4.69) is 4.72 Å². The molecule has 1 aliphatic heterocycles. The molecule has 0 aromatic heterocycles. The third-order valence-corrected chi connectivity index (χ3v) is 6.12. The van der Waals surface area contributed by atoms with Crippen LogP contribution in [0.25, 0.3) is 0 Å². The van der Waals surface area contributed by atoms with Crippen LogP contribution in [-0.2, 0) is 14.8 Å². The fourth-order valence-electron chi connectivity index (χ4n) is 2.71. The number of carboxylic acids is 1. The second-order valence-electron chi connectivity index (χ2n) is 6.36. The minimum atomic E-state index is -3.60. The van der Waals surface area contributed by atoms with Gasteiger partial charge in [0.25, 0.3) is 5.91 Å². The molecule has 1 saturated heterocycles. The van der Waals surface area contributed by atoms with E-state index in [-0.39, 0.29) is 16.8 Å². The number of nitrogens with zero attached hydrogens (tertiary/aromatic N) is 1. The summed E-state index contributed by atoms with van der Waals surface area (Å²) >= 11 is 0. The molecule has 25 heavy (non-hydrogen) atoms. The second kappa shape index (κ2) is 7.97. The molecule has 7 nitrogen and oxygen atoms in total. The van der Waals surface area contributed by atoms with Crippen molar-refractivity contribution < 1.29 is 23.1 Å². The van der Waals surface area contributed by atoms with Crippen molar-refractivity contribution in [2.45, 2.75) is 44.0 Å². The Balaban J connectivity index is 2.05.